The van der Waals surface area contributed by atoms with Gasteiger partial charge in [-0.15, -0.1) is 0 Å². The molecule has 7 nitrogen and oxygen atoms in total. The first-order valence-corrected chi connectivity index (χ1v) is 11.9. The summed E-state index contributed by atoms with van der Waals surface area (Å²) in [5.41, 5.74) is 2.68. The van der Waals surface area contributed by atoms with Crippen LogP contribution >= 0.6 is 11.3 Å². The number of hydrogen-bond acceptors (Lipinski definition) is 5. The molecular formula is C18H24F3N3O4S2. The number of carboxylic acids is 1. The lowest BCUT2D eigenvalue weighted by atomic mass is 10.1. The molecule has 0 spiro atoms. The van der Waals surface area contributed by atoms with E-state index in [-0.39, 0.29) is 0 Å². The summed E-state index contributed by atoms with van der Waals surface area (Å²) in [7, 11) is -3.11. The van der Waals surface area contributed by atoms with Crippen LogP contribution in [-0.2, 0) is 34.5 Å². The van der Waals surface area contributed by atoms with Gasteiger partial charge in [-0.3, -0.25) is 4.90 Å². The monoisotopic (exact) mass is 467 g/mol. The Kier molecular flexibility index (Phi) is 8.47. The van der Waals surface area contributed by atoms with Gasteiger partial charge >= 0.3 is 12.1 Å². The second-order valence-corrected chi connectivity index (χ2v) is 9.69. The third kappa shape index (κ3) is 8.46. The Hall–Kier alpha value is -1.89. The van der Waals surface area contributed by atoms with Gasteiger partial charge in [-0.1, -0.05) is 0 Å². The van der Waals surface area contributed by atoms with Crippen LogP contribution in [0.4, 0.5) is 13.2 Å². The van der Waals surface area contributed by atoms with Crippen molar-refractivity contribution in [2.24, 2.45) is 5.92 Å². The SMILES string of the molecule is CS(=O)(=O)NCCC1CN(Cc2ccsc2)Cc2cccn2C1.O=C(O)C(F)(F)F. The molecule has 0 amide bonds. The van der Waals surface area contributed by atoms with Gasteiger partial charge in [0, 0.05) is 44.6 Å². The first-order valence-electron chi connectivity index (χ1n) is 9.06. The van der Waals surface area contributed by atoms with Crippen molar-refractivity contribution >= 4 is 27.3 Å². The molecule has 0 fully saturated rings. The van der Waals surface area contributed by atoms with E-state index in [2.05, 4.69) is 49.3 Å². The van der Waals surface area contributed by atoms with E-state index in [9.17, 15) is 21.6 Å². The van der Waals surface area contributed by atoms with Crippen LogP contribution in [0.3, 0.4) is 0 Å². The molecule has 168 valence electrons. The van der Waals surface area contributed by atoms with Crippen molar-refractivity contribution in [1.82, 2.24) is 14.2 Å². The molecule has 3 rings (SSSR count). The van der Waals surface area contributed by atoms with E-state index < -0.39 is 22.2 Å². The molecule has 1 aliphatic heterocycles. The lowest BCUT2D eigenvalue weighted by molar-refractivity contribution is -0.192. The van der Waals surface area contributed by atoms with Gasteiger partial charge in [0.15, 0.2) is 0 Å². The summed E-state index contributed by atoms with van der Waals surface area (Å²) < 4.78 is 59.2. The topological polar surface area (TPSA) is 91.6 Å². The number of alkyl halides is 3. The van der Waals surface area contributed by atoms with E-state index >= 15 is 0 Å². The second-order valence-electron chi connectivity index (χ2n) is 7.08. The number of rotatable bonds is 6. The standard InChI is InChI=1S/C16H23N3O2S2.C2HF3O2/c1-23(20,21)17-6-4-14-9-18(10-15-5-8-22-13-15)12-16-3-2-7-19(16)11-14;3-2(4,5)1(6)7/h2-3,5,7-8,13-14,17H,4,6,9-12H2,1H3;(H,6,7). The molecule has 0 aromatic carbocycles. The fourth-order valence-electron chi connectivity index (χ4n) is 3.16. The quantitative estimate of drug-likeness (QED) is 0.682. The number of nitrogens with one attached hydrogen (secondary N) is 1. The highest BCUT2D eigenvalue weighted by Gasteiger charge is 2.38. The van der Waals surface area contributed by atoms with Crippen molar-refractivity contribution < 1.29 is 31.5 Å². The molecule has 0 radical (unpaired) electrons. The molecule has 12 heteroatoms. The molecule has 2 N–H and O–H groups in total. The van der Waals surface area contributed by atoms with E-state index in [1.54, 1.807) is 11.3 Å². The number of aliphatic carboxylic acids is 1. The summed E-state index contributed by atoms with van der Waals surface area (Å²) >= 11 is 1.73. The molecule has 0 aliphatic carbocycles. The molecule has 1 unspecified atom stereocenters. The largest absolute Gasteiger partial charge is 0.490 e. The third-order valence-electron chi connectivity index (χ3n) is 4.43. The molecule has 2 aromatic rings. The zero-order chi connectivity index (χ0) is 22.4. The van der Waals surface area contributed by atoms with Crippen molar-refractivity contribution in [3.8, 4) is 0 Å². The number of aromatic nitrogens is 1. The number of sulfonamides is 1. The fraction of sp³-hybridized carbons (Fsp3) is 0.500. The minimum atomic E-state index is -5.08. The van der Waals surface area contributed by atoms with Crippen molar-refractivity contribution in [3.63, 3.8) is 0 Å². The zero-order valence-electron chi connectivity index (χ0n) is 16.3. The van der Waals surface area contributed by atoms with Crippen molar-refractivity contribution in [2.45, 2.75) is 32.2 Å². The Labute approximate surface area is 177 Å². The summed E-state index contributed by atoms with van der Waals surface area (Å²) in [6.07, 6.45) is -0.891. The van der Waals surface area contributed by atoms with Gasteiger partial charge in [-0.05, 0) is 46.9 Å². The summed E-state index contributed by atoms with van der Waals surface area (Å²) in [4.78, 5) is 11.4. The van der Waals surface area contributed by atoms with E-state index in [1.807, 2.05) is 0 Å². The van der Waals surface area contributed by atoms with Crippen LogP contribution in [0.5, 0.6) is 0 Å². The van der Waals surface area contributed by atoms with Crippen LogP contribution < -0.4 is 4.72 Å². The zero-order valence-corrected chi connectivity index (χ0v) is 17.9. The first kappa shape index (κ1) is 24.4. The summed E-state index contributed by atoms with van der Waals surface area (Å²) in [5, 5.41) is 11.4. The van der Waals surface area contributed by atoms with Gasteiger partial charge < -0.3 is 9.67 Å². The van der Waals surface area contributed by atoms with E-state index in [0.717, 1.165) is 32.6 Å². The van der Waals surface area contributed by atoms with Gasteiger partial charge in [0.1, 0.15) is 0 Å². The average Bonchev–Trinajstić information content (AvgIpc) is 3.23. The van der Waals surface area contributed by atoms with Gasteiger partial charge in [-0.25, -0.2) is 17.9 Å². The van der Waals surface area contributed by atoms with Crippen molar-refractivity contribution in [3.05, 3.63) is 46.4 Å². The van der Waals surface area contributed by atoms with Gasteiger partial charge in [0.2, 0.25) is 10.0 Å². The van der Waals surface area contributed by atoms with Crippen LogP contribution in [0, 0.1) is 5.92 Å². The maximum absolute atomic E-state index is 11.2. The number of hydrogen-bond donors (Lipinski definition) is 2. The van der Waals surface area contributed by atoms with Crippen molar-refractivity contribution in [1.29, 1.82) is 0 Å². The maximum Gasteiger partial charge on any atom is 0.490 e. The first-order chi connectivity index (χ1) is 13.9. The van der Waals surface area contributed by atoms with Gasteiger partial charge in [0.25, 0.3) is 0 Å². The van der Waals surface area contributed by atoms with Gasteiger partial charge in [0.05, 0.1) is 6.26 Å². The third-order valence-corrected chi connectivity index (χ3v) is 5.89. The maximum atomic E-state index is 11.2. The second kappa shape index (κ2) is 10.4. The summed E-state index contributed by atoms with van der Waals surface area (Å²) in [6.45, 7) is 4.34. The number of carbonyl (C=O) groups is 1. The van der Waals surface area contributed by atoms with Crippen LogP contribution in [0.25, 0.3) is 0 Å². The van der Waals surface area contributed by atoms with E-state index in [1.165, 1.54) is 17.5 Å². The molecule has 1 aliphatic rings. The fourth-order valence-corrected chi connectivity index (χ4v) is 4.31. The minimum Gasteiger partial charge on any atom is -0.475 e. The Bertz CT molecular complexity index is 912. The lowest BCUT2D eigenvalue weighted by Gasteiger charge is -2.23. The van der Waals surface area contributed by atoms with Crippen LogP contribution in [0.15, 0.2) is 35.2 Å². The Morgan fingerprint density at radius 2 is 2.03 bits per heavy atom. The molecule has 2 aromatic heterocycles. The number of nitrogens with zero attached hydrogens (tertiary/aromatic N) is 2. The minimum absolute atomic E-state index is 0.441. The molecule has 1 atom stereocenters. The highest BCUT2D eigenvalue weighted by atomic mass is 32.2. The Morgan fingerprint density at radius 3 is 2.60 bits per heavy atom. The highest BCUT2D eigenvalue weighted by molar-refractivity contribution is 7.88. The predicted molar refractivity (Wildman–Crippen MR) is 108 cm³/mol. The van der Waals surface area contributed by atoms with Crippen molar-refractivity contribution in [2.75, 3.05) is 19.3 Å². The summed E-state index contributed by atoms with van der Waals surface area (Å²) in [5.74, 6) is -2.32. The van der Waals surface area contributed by atoms with E-state index in [0.29, 0.717) is 12.5 Å². The van der Waals surface area contributed by atoms with Gasteiger partial charge in [-0.2, -0.15) is 24.5 Å². The Morgan fingerprint density at radius 1 is 1.33 bits per heavy atom. The molecule has 0 bridgehead atoms. The number of fused-ring (bicyclic) bond motifs is 1. The molecule has 0 saturated heterocycles. The number of carboxylic acid groups (broad SMARTS) is 1. The van der Waals surface area contributed by atoms with Crippen LogP contribution in [0.2, 0.25) is 0 Å². The summed E-state index contributed by atoms with van der Waals surface area (Å²) in [6, 6.07) is 6.45. The average molecular weight is 468 g/mol. The molecule has 30 heavy (non-hydrogen) atoms. The predicted octanol–water partition coefficient (Wildman–Crippen LogP) is 2.75. The number of halogens is 3. The lowest BCUT2D eigenvalue weighted by Crippen LogP contribution is -2.31. The molecular weight excluding hydrogens is 443 g/mol. The Balaban J connectivity index is 0.000000396. The van der Waals surface area contributed by atoms with Crippen LogP contribution in [0.1, 0.15) is 17.7 Å². The number of thiophene rings is 1. The highest BCUT2D eigenvalue weighted by Crippen LogP contribution is 2.21. The molecule has 0 saturated carbocycles. The van der Waals surface area contributed by atoms with Crippen LogP contribution in [-0.4, -0.2) is 54.5 Å². The molecule has 3 heterocycles. The van der Waals surface area contributed by atoms with E-state index in [4.69, 9.17) is 9.90 Å². The smallest absolute Gasteiger partial charge is 0.475 e. The normalized spacial score (nSPS) is 17.5.